The third kappa shape index (κ3) is 3.51. The molecule has 0 saturated carbocycles. The Kier molecular flexibility index (Phi) is 4.60. The quantitative estimate of drug-likeness (QED) is 0.804. The van der Waals surface area contributed by atoms with E-state index >= 15 is 0 Å². The number of thiophene rings is 1. The largest absolute Gasteiger partial charge is 0.294 e. The molecule has 0 N–H and O–H groups in total. The van der Waals surface area contributed by atoms with E-state index in [1.807, 2.05) is 4.90 Å². The van der Waals surface area contributed by atoms with Crippen molar-refractivity contribution in [1.29, 1.82) is 0 Å². The molecule has 1 saturated heterocycles. The van der Waals surface area contributed by atoms with E-state index in [0.717, 1.165) is 0 Å². The predicted octanol–water partition coefficient (Wildman–Crippen LogP) is 2.30. The number of carbonyl (C=O) groups is 1. The van der Waals surface area contributed by atoms with Crippen LogP contribution in [0.3, 0.4) is 0 Å². The molecule has 0 amide bonds. The van der Waals surface area contributed by atoms with E-state index in [0.29, 0.717) is 45.4 Å². The van der Waals surface area contributed by atoms with Gasteiger partial charge in [-0.1, -0.05) is 23.2 Å². The molecule has 94 valence electrons. The van der Waals surface area contributed by atoms with Gasteiger partial charge < -0.3 is 0 Å². The van der Waals surface area contributed by atoms with Gasteiger partial charge in [-0.15, -0.1) is 11.3 Å². The van der Waals surface area contributed by atoms with Gasteiger partial charge in [-0.25, -0.2) is 0 Å². The Bertz CT molecular complexity index is 451. The number of rotatable bonds is 3. The topological polar surface area (TPSA) is 37.4 Å². The van der Waals surface area contributed by atoms with Crippen LogP contribution in [-0.2, 0) is 10.8 Å². The average Bonchev–Trinajstić information content (AvgIpc) is 2.61. The van der Waals surface area contributed by atoms with Gasteiger partial charge in [0.25, 0.3) is 0 Å². The van der Waals surface area contributed by atoms with Gasteiger partial charge in [0, 0.05) is 35.4 Å². The van der Waals surface area contributed by atoms with Crippen molar-refractivity contribution >= 4 is 51.1 Å². The third-order valence-corrected chi connectivity index (χ3v) is 5.36. The second kappa shape index (κ2) is 5.80. The van der Waals surface area contributed by atoms with Crippen molar-refractivity contribution in [2.45, 2.75) is 0 Å². The van der Waals surface area contributed by atoms with Crippen LogP contribution in [0, 0.1) is 0 Å². The zero-order valence-electron chi connectivity index (χ0n) is 8.95. The maximum Gasteiger partial charge on any atom is 0.179 e. The molecule has 17 heavy (non-hydrogen) atoms. The number of ketones is 1. The molecular formula is C10H11Cl2NO2S2. The molecule has 0 aliphatic carbocycles. The zero-order valence-corrected chi connectivity index (χ0v) is 12.1. The van der Waals surface area contributed by atoms with E-state index in [2.05, 4.69) is 0 Å². The number of halogens is 2. The first-order valence-corrected chi connectivity index (χ1v) is 8.17. The van der Waals surface area contributed by atoms with Crippen LogP contribution in [0.5, 0.6) is 0 Å². The van der Waals surface area contributed by atoms with Gasteiger partial charge in [0.15, 0.2) is 5.78 Å². The summed E-state index contributed by atoms with van der Waals surface area (Å²) < 4.78 is 12.2. The lowest BCUT2D eigenvalue weighted by atomic mass is 10.2. The molecule has 1 fully saturated rings. The lowest BCUT2D eigenvalue weighted by Gasteiger charge is -2.25. The molecule has 0 unspecified atom stereocenters. The van der Waals surface area contributed by atoms with Crippen molar-refractivity contribution in [2.75, 3.05) is 31.1 Å². The maximum atomic E-state index is 12.0. The number of nitrogens with zero attached hydrogens (tertiary/aromatic N) is 1. The van der Waals surface area contributed by atoms with E-state index in [4.69, 9.17) is 23.2 Å². The standard InChI is InChI=1S/C10H11Cl2NO2S2/c11-9-5-7(10(12)16-9)8(14)6-13-1-3-17(15)4-2-13/h5H,1-4,6H2. The number of hydrogen-bond donors (Lipinski definition) is 0. The molecule has 0 aromatic carbocycles. The highest BCUT2D eigenvalue weighted by molar-refractivity contribution is 7.85. The summed E-state index contributed by atoms with van der Waals surface area (Å²) in [5.41, 5.74) is 0.494. The summed E-state index contributed by atoms with van der Waals surface area (Å²) in [6, 6.07) is 1.61. The average molecular weight is 312 g/mol. The van der Waals surface area contributed by atoms with Gasteiger partial charge in [-0.2, -0.15) is 0 Å². The molecule has 1 aromatic rings. The number of Topliss-reactive ketones (excluding diaryl/α,β-unsaturated/α-hetero) is 1. The summed E-state index contributed by atoms with van der Waals surface area (Å²) in [5, 5.41) is 0. The van der Waals surface area contributed by atoms with Crippen molar-refractivity contribution in [3.05, 3.63) is 20.3 Å². The van der Waals surface area contributed by atoms with Crippen LogP contribution in [0.4, 0.5) is 0 Å². The van der Waals surface area contributed by atoms with Crippen LogP contribution in [0.2, 0.25) is 8.67 Å². The fraction of sp³-hybridized carbons (Fsp3) is 0.500. The first-order valence-electron chi connectivity index (χ1n) is 5.11. The molecule has 0 radical (unpaired) electrons. The van der Waals surface area contributed by atoms with Gasteiger partial charge in [0.05, 0.1) is 16.4 Å². The molecule has 7 heteroatoms. The third-order valence-electron chi connectivity index (χ3n) is 2.59. The highest BCUT2D eigenvalue weighted by Gasteiger charge is 2.20. The van der Waals surface area contributed by atoms with E-state index in [9.17, 15) is 9.00 Å². The zero-order chi connectivity index (χ0) is 12.4. The maximum absolute atomic E-state index is 12.0. The van der Waals surface area contributed by atoms with Crippen LogP contribution in [0.15, 0.2) is 6.07 Å². The Hall–Kier alpha value is 0.0600. The van der Waals surface area contributed by atoms with Crippen molar-refractivity contribution in [3.8, 4) is 0 Å². The highest BCUT2D eigenvalue weighted by Crippen LogP contribution is 2.31. The van der Waals surface area contributed by atoms with Gasteiger partial charge >= 0.3 is 0 Å². The van der Waals surface area contributed by atoms with Crippen LogP contribution >= 0.6 is 34.5 Å². The lowest BCUT2D eigenvalue weighted by molar-refractivity contribution is 0.0937. The Balaban J connectivity index is 1.97. The fourth-order valence-corrected chi connectivity index (χ4v) is 4.28. The van der Waals surface area contributed by atoms with Crippen LogP contribution < -0.4 is 0 Å². The monoisotopic (exact) mass is 311 g/mol. The van der Waals surface area contributed by atoms with Crippen LogP contribution in [0.1, 0.15) is 10.4 Å². The predicted molar refractivity (Wildman–Crippen MR) is 73.0 cm³/mol. The minimum absolute atomic E-state index is 0.0224. The van der Waals surface area contributed by atoms with Crippen LogP contribution in [0.25, 0.3) is 0 Å². The van der Waals surface area contributed by atoms with Gasteiger partial charge in [0.1, 0.15) is 4.34 Å². The summed E-state index contributed by atoms with van der Waals surface area (Å²) in [6.45, 7) is 1.73. The molecule has 2 heterocycles. The van der Waals surface area contributed by atoms with E-state index in [1.54, 1.807) is 6.07 Å². The molecule has 0 bridgehead atoms. The lowest BCUT2D eigenvalue weighted by Crippen LogP contribution is -2.40. The van der Waals surface area contributed by atoms with Gasteiger partial charge in [0.2, 0.25) is 0 Å². The Labute approximate surface area is 116 Å². The van der Waals surface area contributed by atoms with Crippen molar-refractivity contribution in [2.24, 2.45) is 0 Å². The van der Waals surface area contributed by atoms with Crippen molar-refractivity contribution in [1.82, 2.24) is 4.90 Å². The summed E-state index contributed by atoms with van der Waals surface area (Å²) in [4.78, 5) is 14.0. The minimum atomic E-state index is -0.719. The summed E-state index contributed by atoms with van der Waals surface area (Å²) in [5.74, 6) is 1.27. The van der Waals surface area contributed by atoms with Crippen molar-refractivity contribution in [3.63, 3.8) is 0 Å². The highest BCUT2D eigenvalue weighted by atomic mass is 35.5. The van der Waals surface area contributed by atoms with Gasteiger partial charge in [-0.05, 0) is 6.07 Å². The Morgan fingerprint density at radius 2 is 2.06 bits per heavy atom. The van der Waals surface area contributed by atoms with Crippen LogP contribution in [-0.4, -0.2) is 46.0 Å². The fourth-order valence-electron chi connectivity index (χ4n) is 1.65. The number of carbonyl (C=O) groups excluding carboxylic acids is 1. The molecule has 1 aliphatic rings. The first-order chi connectivity index (χ1) is 8.06. The molecule has 1 aromatic heterocycles. The smallest absolute Gasteiger partial charge is 0.179 e. The van der Waals surface area contributed by atoms with Gasteiger partial charge in [-0.3, -0.25) is 13.9 Å². The first kappa shape index (κ1) is 13.5. The molecule has 0 atom stereocenters. The summed E-state index contributed by atoms with van der Waals surface area (Å²) in [7, 11) is -0.719. The second-order valence-electron chi connectivity index (χ2n) is 3.79. The molecule has 1 aliphatic heterocycles. The van der Waals surface area contributed by atoms with E-state index in [-0.39, 0.29) is 5.78 Å². The normalized spacial score (nSPS) is 18.5. The van der Waals surface area contributed by atoms with E-state index < -0.39 is 10.8 Å². The summed E-state index contributed by atoms with van der Waals surface area (Å²) >= 11 is 12.9. The second-order valence-corrected chi connectivity index (χ2v) is 7.77. The molecule has 2 rings (SSSR count). The minimum Gasteiger partial charge on any atom is -0.294 e. The SMILES string of the molecule is O=C(CN1CCS(=O)CC1)c1cc(Cl)sc1Cl. The summed E-state index contributed by atoms with van der Waals surface area (Å²) in [6.07, 6.45) is 0. The molecule has 0 spiro atoms. The molecule has 3 nitrogen and oxygen atoms in total. The number of hydrogen-bond acceptors (Lipinski definition) is 4. The Morgan fingerprint density at radius 1 is 1.41 bits per heavy atom. The van der Waals surface area contributed by atoms with Crippen molar-refractivity contribution < 1.29 is 9.00 Å². The molecular weight excluding hydrogens is 301 g/mol. The Morgan fingerprint density at radius 3 is 2.59 bits per heavy atom. The van der Waals surface area contributed by atoms with E-state index in [1.165, 1.54) is 11.3 Å².